The van der Waals surface area contributed by atoms with Gasteiger partial charge < -0.3 is 0 Å². The third-order valence-corrected chi connectivity index (χ3v) is 3.22. The molecule has 2 nitrogen and oxygen atoms in total. The molecule has 2 aromatic carbocycles. The average Bonchev–Trinajstić information content (AvgIpc) is 2.36. The zero-order valence-electron chi connectivity index (χ0n) is 9.46. The van der Waals surface area contributed by atoms with Crippen molar-refractivity contribution in [3.8, 4) is 0 Å². The summed E-state index contributed by atoms with van der Waals surface area (Å²) in [5.74, 6) is -0.321. The van der Waals surface area contributed by atoms with E-state index in [0.717, 1.165) is 0 Å². The molecule has 100 valence electrons. The number of hydrogen-bond acceptors (Lipinski definition) is 2. The number of hydrogen-bond donors (Lipinski definition) is 0. The zero-order chi connectivity index (χ0) is 12.0. The maximum Gasteiger partial charge on any atom is 0.196 e. The normalized spacial score (nSPS) is 11.8. The number of ketones is 2. The quantitative estimate of drug-likeness (QED) is 0.500. The van der Waals surface area contributed by atoms with E-state index in [4.69, 9.17) is 11.6 Å². The summed E-state index contributed by atoms with van der Waals surface area (Å²) in [7, 11) is 0. The van der Waals surface area contributed by atoms with Crippen LogP contribution in [0.5, 0.6) is 0 Å². The van der Waals surface area contributed by atoms with Gasteiger partial charge in [-0.05, 0) is 6.07 Å². The predicted molar refractivity (Wildman–Crippen MR) is 72.0 cm³/mol. The molecular formula is C14H8Cl2O2Pt. The van der Waals surface area contributed by atoms with E-state index in [1.165, 1.54) is 0 Å². The molecule has 19 heavy (non-hydrogen) atoms. The molecule has 0 aromatic heterocycles. The second kappa shape index (κ2) is 6.00. The Balaban J connectivity index is 0.000000902. The van der Waals surface area contributed by atoms with Crippen LogP contribution in [0.15, 0.2) is 42.5 Å². The summed E-state index contributed by atoms with van der Waals surface area (Å²) >= 11 is 6.00. The number of benzene rings is 2. The van der Waals surface area contributed by atoms with Crippen LogP contribution < -0.4 is 0 Å². The second-order valence-corrected chi connectivity index (χ2v) is 4.27. The van der Waals surface area contributed by atoms with Crippen LogP contribution in [0, 0.1) is 0 Å². The number of carbonyl (C=O) groups excluding carboxylic acids is 2. The minimum atomic E-state index is -0.180. The molecule has 5 heteroatoms. The molecule has 0 spiro atoms. The van der Waals surface area contributed by atoms with Crippen molar-refractivity contribution >= 4 is 35.6 Å². The molecule has 3 rings (SSSR count). The van der Waals surface area contributed by atoms with E-state index in [2.05, 4.69) is 0 Å². The molecule has 0 N–H and O–H groups in total. The Kier molecular flexibility index (Phi) is 5.09. The van der Waals surface area contributed by atoms with Crippen molar-refractivity contribution in [3.05, 3.63) is 69.7 Å². The summed E-state index contributed by atoms with van der Waals surface area (Å²) in [5, 5.41) is 0.329. The van der Waals surface area contributed by atoms with Gasteiger partial charge in [0, 0.05) is 37.8 Å². The van der Waals surface area contributed by atoms with E-state index in [0.29, 0.717) is 27.3 Å². The van der Waals surface area contributed by atoms with Crippen molar-refractivity contribution in [3.63, 3.8) is 0 Å². The molecule has 0 aliphatic heterocycles. The van der Waals surface area contributed by atoms with Crippen molar-refractivity contribution < 1.29 is 30.7 Å². The Morgan fingerprint density at radius 2 is 1.26 bits per heavy atom. The zero-order valence-corrected chi connectivity index (χ0v) is 13.3. The van der Waals surface area contributed by atoms with Crippen molar-refractivity contribution in [2.75, 3.05) is 0 Å². The molecule has 0 unspecified atom stereocenters. The number of fused-ring (bicyclic) bond motifs is 2. The van der Waals surface area contributed by atoms with Gasteiger partial charge in [-0.15, -0.1) is 12.4 Å². The van der Waals surface area contributed by atoms with Crippen molar-refractivity contribution in [1.29, 1.82) is 0 Å². The van der Waals surface area contributed by atoms with E-state index in [1.54, 1.807) is 42.5 Å². The van der Waals surface area contributed by atoms with Crippen molar-refractivity contribution in [2.45, 2.75) is 0 Å². The van der Waals surface area contributed by atoms with Gasteiger partial charge in [-0.3, -0.25) is 9.59 Å². The smallest absolute Gasteiger partial charge is 0.196 e. The molecule has 0 heterocycles. The monoisotopic (exact) mass is 473 g/mol. The van der Waals surface area contributed by atoms with Crippen LogP contribution in [0.25, 0.3) is 0 Å². The van der Waals surface area contributed by atoms with Gasteiger partial charge in [-0.1, -0.05) is 48.0 Å². The van der Waals surface area contributed by atoms with Gasteiger partial charge >= 0.3 is 0 Å². The summed E-state index contributed by atoms with van der Waals surface area (Å²) in [6, 6.07) is 11.8. The summed E-state index contributed by atoms with van der Waals surface area (Å²) in [4.78, 5) is 24.4. The van der Waals surface area contributed by atoms with Crippen LogP contribution in [-0.4, -0.2) is 11.6 Å². The Bertz CT molecular complexity index is 668. The third kappa shape index (κ3) is 2.41. The predicted octanol–water partition coefficient (Wildman–Crippen LogP) is 3.53. The third-order valence-electron chi connectivity index (χ3n) is 2.90. The van der Waals surface area contributed by atoms with E-state index in [1.807, 2.05) is 0 Å². The second-order valence-electron chi connectivity index (χ2n) is 3.87. The minimum Gasteiger partial charge on any atom is -0.289 e. The first-order valence-corrected chi connectivity index (χ1v) is 5.55. The standard InChI is InChI=1S/C14H7ClO2.ClH.Pt/c15-11-7-3-6-10-12(11)14(17)9-5-2-1-4-8(9)13(10)16;;/h1-7H;1H;. The van der Waals surface area contributed by atoms with Crippen LogP contribution in [-0.2, 0) is 21.1 Å². The Morgan fingerprint density at radius 3 is 1.89 bits per heavy atom. The van der Waals surface area contributed by atoms with Gasteiger partial charge in [0.1, 0.15) is 0 Å². The molecule has 0 radical (unpaired) electrons. The van der Waals surface area contributed by atoms with Gasteiger partial charge in [0.15, 0.2) is 11.6 Å². The molecule has 0 fully saturated rings. The van der Waals surface area contributed by atoms with E-state index >= 15 is 0 Å². The van der Waals surface area contributed by atoms with E-state index in [9.17, 15) is 9.59 Å². The molecule has 1 aliphatic rings. The first-order chi connectivity index (χ1) is 8.20. The fourth-order valence-corrected chi connectivity index (χ4v) is 2.36. The van der Waals surface area contributed by atoms with Crippen LogP contribution >= 0.6 is 24.0 Å². The van der Waals surface area contributed by atoms with Crippen LogP contribution in [0.1, 0.15) is 31.8 Å². The van der Waals surface area contributed by atoms with Crippen LogP contribution in [0.3, 0.4) is 0 Å². The number of halogens is 2. The molecule has 0 bridgehead atoms. The summed E-state index contributed by atoms with van der Waals surface area (Å²) in [6.45, 7) is 0. The maximum atomic E-state index is 12.2. The first-order valence-electron chi connectivity index (χ1n) is 5.17. The summed E-state index contributed by atoms with van der Waals surface area (Å²) in [6.07, 6.45) is 0. The fourth-order valence-electron chi connectivity index (χ4n) is 2.10. The minimum absolute atomic E-state index is 0. The Hall–Kier alpha value is -0.952. The molecule has 0 saturated heterocycles. The van der Waals surface area contributed by atoms with E-state index in [-0.39, 0.29) is 45.0 Å². The molecule has 0 amide bonds. The fraction of sp³-hybridized carbons (Fsp3) is 0. The molecule has 0 saturated carbocycles. The largest absolute Gasteiger partial charge is 0.289 e. The number of rotatable bonds is 0. The van der Waals surface area contributed by atoms with Gasteiger partial charge in [0.25, 0.3) is 0 Å². The number of carbonyl (C=O) groups is 2. The Morgan fingerprint density at radius 1 is 0.737 bits per heavy atom. The Labute approximate surface area is 135 Å². The molecule has 1 aliphatic carbocycles. The molecule has 0 atom stereocenters. The van der Waals surface area contributed by atoms with Crippen molar-refractivity contribution in [2.24, 2.45) is 0 Å². The topological polar surface area (TPSA) is 34.1 Å². The van der Waals surface area contributed by atoms with Crippen molar-refractivity contribution in [1.82, 2.24) is 0 Å². The van der Waals surface area contributed by atoms with E-state index < -0.39 is 0 Å². The van der Waals surface area contributed by atoms with Gasteiger partial charge in [-0.2, -0.15) is 0 Å². The van der Waals surface area contributed by atoms with Gasteiger partial charge in [0.2, 0.25) is 0 Å². The summed E-state index contributed by atoms with van der Waals surface area (Å²) in [5.41, 5.74) is 1.59. The first kappa shape index (κ1) is 16.1. The maximum absolute atomic E-state index is 12.2. The summed E-state index contributed by atoms with van der Waals surface area (Å²) < 4.78 is 0. The average molecular weight is 474 g/mol. The van der Waals surface area contributed by atoms with Gasteiger partial charge in [-0.25, -0.2) is 0 Å². The van der Waals surface area contributed by atoms with Crippen LogP contribution in [0.2, 0.25) is 5.02 Å². The molecular weight excluding hydrogens is 466 g/mol. The SMILES string of the molecule is Cl.O=C1c2ccccc2C(=O)c2c(Cl)cccc21.[Pt]. The van der Waals surface area contributed by atoms with Crippen LogP contribution in [0.4, 0.5) is 0 Å². The van der Waals surface area contributed by atoms with Gasteiger partial charge in [0.05, 0.1) is 10.6 Å². The molecule has 2 aromatic rings.